The molecule has 0 aromatic carbocycles. The van der Waals surface area contributed by atoms with Crippen molar-refractivity contribution in [3.8, 4) is 6.07 Å². The van der Waals surface area contributed by atoms with Crippen LogP contribution < -0.4 is 5.32 Å². The molecule has 1 rings (SSSR count). The van der Waals surface area contributed by atoms with Crippen LogP contribution in [0.4, 0.5) is 4.79 Å². The van der Waals surface area contributed by atoms with Gasteiger partial charge in [0.15, 0.2) is 0 Å². The molecule has 20 heavy (non-hydrogen) atoms. The lowest BCUT2D eigenvalue weighted by atomic mass is 10.2. The van der Waals surface area contributed by atoms with E-state index in [0.29, 0.717) is 0 Å². The number of aromatic carboxylic acids is 1. The quantitative estimate of drug-likeness (QED) is 0.870. The standard InChI is InChI=1S/C13H17N3O4/c1-13(2,3)20-12(19)15-6-7-16-9(8-14)4-5-10(16)11(17)18/h4-5H,6-7H2,1-3H3,(H,15,19)(H,17,18). The van der Waals surface area contributed by atoms with Crippen LogP contribution in [-0.4, -0.2) is 33.9 Å². The van der Waals surface area contributed by atoms with E-state index in [1.807, 2.05) is 6.07 Å². The smallest absolute Gasteiger partial charge is 0.407 e. The Kier molecular flexibility index (Phi) is 4.75. The molecule has 108 valence electrons. The molecule has 0 bridgehead atoms. The average Bonchev–Trinajstić information content (AvgIpc) is 2.69. The highest BCUT2D eigenvalue weighted by Crippen LogP contribution is 2.09. The van der Waals surface area contributed by atoms with Crippen LogP contribution in [0.25, 0.3) is 0 Å². The van der Waals surface area contributed by atoms with E-state index in [9.17, 15) is 9.59 Å². The van der Waals surface area contributed by atoms with E-state index in [1.54, 1.807) is 20.8 Å². The third-order valence-electron chi connectivity index (χ3n) is 2.32. The molecule has 0 aliphatic carbocycles. The highest BCUT2D eigenvalue weighted by molar-refractivity contribution is 5.86. The number of aromatic nitrogens is 1. The number of hydrogen-bond acceptors (Lipinski definition) is 4. The second kappa shape index (κ2) is 6.10. The Morgan fingerprint density at radius 3 is 2.60 bits per heavy atom. The summed E-state index contributed by atoms with van der Waals surface area (Å²) in [4.78, 5) is 22.4. The first kappa shape index (κ1) is 15.6. The van der Waals surface area contributed by atoms with Gasteiger partial charge in [-0.3, -0.25) is 0 Å². The van der Waals surface area contributed by atoms with Gasteiger partial charge in [0.2, 0.25) is 0 Å². The summed E-state index contributed by atoms with van der Waals surface area (Å²) >= 11 is 0. The predicted molar refractivity (Wildman–Crippen MR) is 70.3 cm³/mol. The van der Waals surface area contributed by atoms with E-state index in [4.69, 9.17) is 15.1 Å². The number of ether oxygens (including phenoxy) is 1. The fourth-order valence-corrected chi connectivity index (χ4v) is 1.58. The summed E-state index contributed by atoms with van der Waals surface area (Å²) in [5, 5.41) is 20.4. The number of alkyl carbamates (subject to hydrolysis) is 1. The number of nitrogens with zero attached hydrogens (tertiary/aromatic N) is 2. The van der Waals surface area contributed by atoms with Crippen LogP contribution in [0.1, 0.15) is 37.0 Å². The van der Waals surface area contributed by atoms with E-state index in [2.05, 4.69) is 5.32 Å². The van der Waals surface area contributed by atoms with E-state index in [-0.39, 0.29) is 24.5 Å². The molecule has 0 unspecified atom stereocenters. The number of nitriles is 1. The first-order valence-electron chi connectivity index (χ1n) is 6.04. The number of nitrogens with one attached hydrogen (secondary N) is 1. The number of carboxylic acids is 1. The number of carbonyl (C=O) groups is 2. The minimum Gasteiger partial charge on any atom is -0.477 e. The Balaban J connectivity index is 2.63. The zero-order chi connectivity index (χ0) is 15.3. The number of hydrogen-bond donors (Lipinski definition) is 2. The maximum atomic E-state index is 11.4. The van der Waals surface area contributed by atoms with E-state index in [0.717, 1.165) is 0 Å². The molecular weight excluding hydrogens is 262 g/mol. The molecule has 0 aliphatic rings. The molecule has 1 amide bonds. The largest absolute Gasteiger partial charge is 0.477 e. The zero-order valence-corrected chi connectivity index (χ0v) is 11.6. The highest BCUT2D eigenvalue weighted by atomic mass is 16.6. The van der Waals surface area contributed by atoms with Crippen molar-refractivity contribution in [2.75, 3.05) is 6.54 Å². The van der Waals surface area contributed by atoms with Crippen molar-refractivity contribution in [1.82, 2.24) is 9.88 Å². The van der Waals surface area contributed by atoms with Gasteiger partial charge in [-0.15, -0.1) is 0 Å². The van der Waals surface area contributed by atoms with Crippen LogP contribution >= 0.6 is 0 Å². The second-order valence-corrected chi connectivity index (χ2v) is 5.10. The third-order valence-corrected chi connectivity index (χ3v) is 2.32. The van der Waals surface area contributed by atoms with Crippen LogP contribution in [0.15, 0.2) is 12.1 Å². The Labute approximate surface area is 116 Å². The molecule has 1 aromatic rings. The van der Waals surface area contributed by atoms with Crippen molar-refractivity contribution in [1.29, 1.82) is 5.26 Å². The molecule has 0 aliphatic heterocycles. The molecule has 1 aromatic heterocycles. The summed E-state index contributed by atoms with van der Waals surface area (Å²) in [6, 6.07) is 4.69. The molecule has 0 saturated carbocycles. The molecule has 0 spiro atoms. The van der Waals surface area contributed by atoms with Gasteiger partial charge < -0.3 is 19.7 Å². The molecular formula is C13H17N3O4. The fourth-order valence-electron chi connectivity index (χ4n) is 1.58. The Hall–Kier alpha value is -2.49. The van der Waals surface area contributed by atoms with Crippen LogP contribution in [0.2, 0.25) is 0 Å². The number of amides is 1. The van der Waals surface area contributed by atoms with Gasteiger partial charge in [-0.25, -0.2) is 9.59 Å². The first-order valence-corrected chi connectivity index (χ1v) is 6.04. The summed E-state index contributed by atoms with van der Waals surface area (Å²) in [7, 11) is 0. The Bertz CT molecular complexity index is 549. The normalized spacial score (nSPS) is 10.7. The maximum absolute atomic E-state index is 11.4. The monoisotopic (exact) mass is 279 g/mol. The minimum absolute atomic E-state index is 0.00698. The topological polar surface area (TPSA) is 104 Å². The molecule has 7 heteroatoms. The second-order valence-electron chi connectivity index (χ2n) is 5.10. The Morgan fingerprint density at radius 2 is 2.10 bits per heavy atom. The summed E-state index contributed by atoms with van der Waals surface area (Å²) < 4.78 is 6.38. The summed E-state index contributed by atoms with van der Waals surface area (Å²) in [5.74, 6) is -1.12. The predicted octanol–water partition coefficient (Wildman–Crippen LogP) is 1.58. The minimum atomic E-state index is -1.12. The van der Waals surface area contributed by atoms with Crippen molar-refractivity contribution in [2.45, 2.75) is 32.9 Å². The zero-order valence-electron chi connectivity index (χ0n) is 11.6. The molecule has 2 N–H and O–H groups in total. The summed E-state index contributed by atoms with van der Waals surface area (Å²) in [6.45, 7) is 5.58. The van der Waals surface area contributed by atoms with E-state index < -0.39 is 17.7 Å². The number of carboxylic acid groups (broad SMARTS) is 1. The van der Waals surface area contributed by atoms with Crippen molar-refractivity contribution >= 4 is 12.1 Å². The van der Waals surface area contributed by atoms with Crippen LogP contribution in [-0.2, 0) is 11.3 Å². The van der Waals surface area contributed by atoms with Gasteiger partial charge >= 0.3 is 12.1 Å². The SMILES string of the molecule is CC(C)(C)OC(=O)NCCn1c(C#N)ccc1C(=O)O. The summed E-state index contributed by atoms with van der Waals surface area (Å²) in [6.07, 6.45) is -0.583. The van der Waals surface area contributed by atoms with Crippen molar-refractivity contribution in [3.05, 3.63) is 23.5 Å². The van der Waals surface area contributed by atoms with Gasteiger partial charge in [-0.1, -0.05) is 0 Å². The molecule has 0 saturated heterocycles. The van der Waals surface area contributed by atoms with Gasteiger partial charge in [0.25, 0.3) is 0 Å². The molecule has 7 nitrogen and oxygen atoms in total. The molecule has 0 atom stereocenters. The molecule has 0 fully saturated rings. The van der Waals surface area contributed by atoms with Crippen molar-refractivity contribution < 1.29 is 19.4 Å². The van der Waals surface area contributed by atoms with Gasteiger partial charge in [-0.05, 0) is 32.9 Å². The van der Waals surface area contributed by atoms with Gasteiger partial charge in [-0.2, -0.15) is 5.26 Å². The van der Waals surface area contributed by atoms with Crippen LogP contribution in [0.3, 0.4) is 0 Å². The number of carbonyl (C=O) groups excluding carboxylic acids is 1. The van der Waals surface area contributed by atoms with Crippen molar-refractivity contribution in [3.63, 3.8) is 0 Å². The van der Waals surface area contributed by atoms with Crippen molar-refractivity contribution in [2.24, 2.45) is 0 Å². The summed E-state index contributed by atoms with van der Waals surface area (Å²) in [5.41, 5.74) is -0.359. The lowest BCUT2D eigenvalue weighted by Gasteiger charge is -2.19. The van der Waals surface area contributed by atoms with Crippen LogP contribution in [0, 0.1) is 11.3 Å². The third kappa shape index (κ3) is 4.31. The number of rotatable bonds is 4. The highest BCUT2D eigenvalue weighted by Gasteiger charge is 2.17. The fraction of sp³-hybridized carbons (Fsp3) is 0.462. The lowest BCUT2D eigenvalue weighted by molar-refractivity contribution is 0.0526. The van der Waals surface area contributed by atoms with Gasteiger partial charge in [0, 0.05) is 13.1 Å². The van der Waals surface area contributed by atoms with E-state index >= 15 is 0 Å². The first-order chi connectivity index (χ1) is 9.24. The molecule has 0 radical (unpaired) electrons. The average molecular weight is 279 g/mol. The molecule has 1 heterocycles. The Morgan fingerprint density at radius 1 is 1.45 bits per heavy atom. The van der Waals surface area contributed by atoms with Gasteiger partial charge in [0.05, 0.1) is 0 Å². The maximum Gasteiger partial charge on any atom is 0.407 e. The lowest BCUT2D eigenvalue weighted by Crippen LogP contribution is -2.34. The van der Waals surface area contributed by atoms with E-state index in [1.165, 1.54) is 16.7 Å². The van der Waals surface area contributed by atoms with Crippen LogP contribution in [0.5, 0.6) is 0 Å². The van der Waals surface area contributed by atoms with Gasteiger partial charge in [0.1, 0.15) is 23.1 Å².